The van der Waals surface area contributed by atoms with E-state index in [4.69, 9.17) is 0 Å². The van der Waals surface area contributed by atoms with Gasteiger partial charge in [0.05, 0.1) is 5.56 Å². The maximum absolute atomic E-state index is 13.0. The molecule has 27 heavy (non-hydrogen) atoms. The van der Waals surface area contributed by atoms with Gasteiger partial charge in [-0.05, 0) is 43.2 Å². The zero-order valence-electron chi connectivity index (χ0n) is 16.0. The summed E-state index contributed by atoms with van der Waals surface area (Å²) < 4.78 is 38.1. The molecular weight excluding hydrogens is 353 g/mol. The summed E-state index contributed by atoms with van der Waals surface area (Å²) in [5.74, 6) is 1.05. The molecule has 2 fully saturated rings. The molecule has 150 valence electrons. The van der Waals surface area contributed by atoms with Gasteiger partial charge in [-0.15, -0.1) is 0 Å². The highest BCUT2D eigenvalue weighted by atomic mass is 19.4. The van der Waals surface area contributed by atoms with Gasteiger partial charge in [0.2, 0.25) is 0 Å². The Morgan fingerprint density at radius 2 is 1.96 bits per heavy atom. The van der Waals surface area contributed by atoms with Crippen molar-refractivity contribution < 1.29 is 18.0 Å². The third kappa shape index (κ3) is 4.64. The molecule has 1 aromatic heterocycles. The van der Waals surface area contributed by atoms with Gasteiger partial charge in [0.15, 0.2) is 0 Å². The number of halogens is 3. The Kier molecular flexibility index (Phi) is 6.43. The van der Waals surface area contributed by atoms with E-state index in [1.54, 1.807) is 0 Å². The summed E-state index contributed by atoms with van der Waals surface area (Å²) in [6.07, 6.45) is 7.08. The molecule has 3 nitrogen and oxygen atoms in total. The highest BCUT2D eigenvalue weighted by Crippen LogP contribution is 2.41. The first-order chi connectivity index (χ1) is 12.9. The van der Waals surface area contributed by atoms with Crippen molar-refractivity contribution in [3.8, 4) is 0 Å². The van der Waals surface area contributed by atoms with Gasteiger partial charge >= 0.3 is 6.18 Å². The number of hydrogen-bond donors (Lipinski definition) is 0. The van der Waals surface area contributed by atoms with E-state index in [1.807, 2.05) is 4.90 Å². The minimum absolute atomic E-state index is 0.167. The minimum atomic E-state index is -4.48. The van der Waals surface area contributed by atoms with Gasteiger partial charge < -0.3 is 4.90 Å². The number of piperidine rings is 1. The molecular formula is C21H29F3N2O. The summed E-state index contributed by atoms with van der Waals surface area (Å²) >= 11 is 0. The second kappa shape index (κ2) is 8.61. The van der Waals surface area contributed by atoms with Crippen molar-refractivity contribution >= 4 is 5.91 Å². The standard InChI is InChI=1S/C21H29F3N2O/c1-2-3-4-7-15-12-13-26(18-9-6-5-8-17(15)18)20(27)16-10-11-19(25-14-16)21(22,23)24/h10-11,14-15,17-18H,2-9,12-13H2,1H3/t15?,17?,18-/m1/s1. The minimum Gasteiger partial charge on any atom is -0.335 e. The van der Waals surface area contributed by atoms with E-state index in [1.165, 1.54) is 38.2 Å². The predicted molar refractivity (Wildman–Crippen MR) is 98.3 cm³/mol. The number of rotatable bonds is 5. The number of likely N-dealkylation sites (tertiary alicyclic amines) is 1. The van der Waals surface area contributed by atoms with Gasteiger partial charge in [0, 0.05) is 18.8 Å². The first-order valence-corrected chi connectivity index (χ1v) is 10.3. The van der Waals surface area contributed by atoms with Gasteiger partial charge in [-0.25, -0.2) is 0 Å². The molecule has 1 amide bonds. The number of carbonyl (C=O) groups excluding carboxylic acids is 1. The Morgan fingerprint density at radius 1 is 1.19 bits per heavy atom. The van der Waals surface area contributed by atoms with Crippen LogP contribution < -0.4 is 0 Å². The van der Waals surface area contributed by atoms with Crippen molar-refractivity contribution in [3.05, 3.63) is 29.6 Å². The second-order valence-electron chi connectivity index (χ2n) is 7.99. The van der Waals surface area contributed by atoms with Crippen LogP contribution in [0.3, 0.4) is 0 Å². The van der Waals surface area contributed by atoms with E-state index in [-0.39, 0.29) is 17.5 Å². The fourth-order valence-corrected chi connectivity index (χ4v) is 4.88. The van der Waals surface area contributed by atoms with Crippen molar-refractivity contribution in [1.82, 2.24) is 9.88 Å². The summed E-state index contributed by atoms with van der Waals surface area (Å²) in [5, 5.41) is 0. The van der Waals surface area contributed by atoms with Gasteiger partial charge in [0.25, 0.3) is 5.91 Å². The fraction of sp³-hybridized carbons (Fsp3) is 0.714. The van der Waals surface area contributed by atoms with Gasteiger partial charge in [-0.3, -0.25) is 9.78 Å². The van der Waals surface area contributed by atoms with Crippen LogP contribution in [-0.2, 0) is 6.18 Å². The number of hydrogen-bond acceptors (Lipinski definition) is 2. The van der Waals surface area contributed by atoms with Crippen molar-refractivity contribution in [2.75, 3.05) is 6.54 Å². The van der Waals surface area contributed by atoms with Crippen LogP contribution in [0.25, 0.3) is 0 Å². The lowest BCUT2D eigenvalue weighted by Gasteiger charge is -2.48. The molecule has 0 N–H and O–H groups in total. The van der Waals surface area contributed by atoms with E-state index in [2.05, 4.69) is 11.9 Å². The monoisotopic (exact) mass is 382 g/mol. The number of amides is 1. The summed E-state index contributed by atoms with van der Waals surface area (Å²) in [5.41, 5.74) is -0.694. The third-order valence-electron chi connectivity index (χ3n) is 6.27. The summed E-state index contributed by atoms with van der Waals surface area (Å²) in [7, 11) is 0. The average Bonchev–Trinajstić information content (AvgIpc) is 2.67. The normalized spacial score (nSPS) is 25.9. The quantitative estimate of drug-likeness (QED) is 0.612. The molecule has 1 aromatic rings. The molecule has 0 radical (unpaired) electrons. The van der Waals surface area contributed by atoms with E-state index in [0.29, 0.717) is 18.4 Å². The largest absolute Gasteiger partial charge is 0.433 e. The molecule has 1 aliphatic heterocycles. The van der Waals surface area contributed by atoms with Crippen LogP contribution in [0.2, 0.25) is 0 Å². The average molecular weight is 382 g/mol. The van der Waals surface area contributed by atoms with Crippen LogP contribution in [0.5, 0.6) is 0 Å². The first kappa shape index (κ1) is 20.2. The van der Waals surface area contributed by atoms with Crippen molar-refractivity contribution in [2.24, 2.45) is 11.8 Å². The Morgan fingerprint density at radius 3 is 2.63 bits per heavy atom. The lowest BCUT2D eigenvalue weighted by Crippen LogP contribution is -2.52. The summed E-state index contributed by atoms with van der Waals surface area (Å²) in [4.78, 5) is 18.4. The molecule has 3 rings (SSSR count). The van der Waals surface area contributed by atoms with Gasteiger partial charge in [0.1, 0.15) is 5.69 Å². The van der Waals surface area contributed by atoms with Crippen LogP contribution >= 0.6 is 0 Å². The van der Waals surface area contributed by atoms with Crippen molar-refractivity contribution in [3.63, 3.8) is 0 Å². The maximum atomic E-state index is 13.0. The first-order valence-electron chi connectivity index (χ1n) is 10.3. The van der Waals surface area contributed by atoms with E-state index in [0.717, 1.165) is 37.9 Å². The van der Waals surface area contributed by atoms with E-state index < -0.39 is 11.9 Å². The number of unbranched alkanes of at least 4 members (excludes halogenated alkanes) is 2. The molecule has 3 atom stereocenters. The molecule has 0 aromatic carbocycles. The molecule has 0 bridgehead atoms. The van der Waals surface area contributed by atoms with Crippen LogP contribution in [0, 0.1) is 11.8 Å². The summed E-state index contributed by atoms with van der Waals surface area (Å²) in [6, 6.07) is 2.40. The van der Waals surface area contributed by atoms with Gasteiger partial charge in [-0.1, -0.05) is 45.4 Å². The lowest BCUT2D eigenvalue weighted by molar-refractivity contribution is -0.141. The highest BCUT2D eigenvalue weighted by molar-refractivity contribution is 5.94. The highest BCUT2D eigenvalue weighted by Gasteiger charge is 2.41. The fourth-order valence-electron chi connectivity index (χ4n) is 4.88. The number of carbonyl (C=O) groups is 1. The number of pyridine rings is 1. The smallest absolute Gasteiger partial charge is 0.335 e. The Labute approximate surface area is 159 Å². The molecule has 6 heteroatoms. The number of aromatic nitrogens is 1. The van der Waals surface area contributed by atoms with Crippen LogP contribution in [-0.4, -0.2) is 28.4 Å². The molecule has 2 heterocycles. The van der Waals surface area contributed by atoms with Gasteiger partial charge in [-0.2, -0.15) is 13.2 Å². The zero-order valence-corrected chi connectivity index (χ0v) is 16.0. The lowest BCUT2D eigenvalue weighted by atomic mass is 9.70. The maximum Gasteiger partial charge on any atom is 0.433 e. The molecule has 1 aliphatic carbocycles. The second-order valence-corrected chi connectivity index (χ2v) is 7.99. The number of fused-ring (bicyclic) bond motifs is 1. The zero-order chi connectivity index (χ0) is 19.4. The number of alkyl halides is 3. The number of nitrogens with zero attached hydrogens (tertiary/aromatic N) is 2. The molecule has 2 aliphatic rings. The third-order valence-corrected chi connectivity index (χ3v) is 6.27. The Balaban J connectivity index is 1.71. The topological polar surface area (TPSA) is 33.2 Å². The molecule has 2 unspecified atom stereocenters. The van der Waals surface area contributed by atoms with Crippen molar-refractivity contribution in [1.29, 1.82) is 0 Å². The van der Waals surface area contributed by atoms with Crippen LogP contribution in [0.1, 0.15) is 80.8 Å². The van der Waals surface area contributed by atoms with Crippen LogP contribution in [0.4, 0.5) is 13.2 Å². The predicted octanol–water partition coefficient (Wildman–Crippen LogP) is 5.70. The molecule has 1 saturated carbocycles. The Bertz CT molecular complexity index is 629. The van der Waals surface area contributed by atoms with E-state index in [9.17, 15) is 18.0 Å². The molecule has 0 spiro atoms. The summed E-state index contributed by atoms with van der Waals surface area (Å²) in [6.45, 7) is 2.92. The molecule has 1 saturated heterocycles. The van der Waals surface area contributed by atoms with E-state index >= 15 is 0 Å². The SMILES string of the molecule is CCCCCC1CCN(C(=O)c2ccc(C(F)(F)F)nc2)[C@@H]2CCCCC12. The van der Waals surface area contributed by atoms with Crippen molar-refractivity contribution in [2.45, 2.75) is 76.9 Å². The van der Waals surface area contributed by atoms with Crippen LogP contribution in [0.15, 0.2) is 18.3 Å². The Hall–Kier alpha value is -1.59.